The van der Waals surface area contributed by atoms with Crippen LogP contribution in [0.2, 0.25) is 0 Å². The molecular weight excluding hydrogens is 228 g/mol. The molecule has 0 saturated carbocycles. The molecule has 0 aromatic rings. The van der Waals surface area contributed by atoms with Crippen LogP contribution in [0, 0.1) is 11.8 Å². The molecule has 18 heavy (non-hydrogen) atoms. The molecule has 0 saturated heterocycles. The Kier molecular flexibility index (Phi) is 5.32. The third-order valence-electron chi connectivity index (χ3n) is 3.50. The van der Waals surface area contributed by atoms with Crippen LogP contribution in [0.5, 0.6) is 0 Å². The summed E-state index contributed by atoms with van der Waals surface area (Å²) in [5, 5.41) is 8.88. The number of allylic oxidation sites excluding steroid dienone is 3. The van der Waals surface area contributed by atoms with E-state index in [0.29, 0.717) is 30.3 Å². The maximum Gasteiger partial charge on any atom is 0.331 e. The van der Waals surface area contributed by atoms with Crippen LogP contribution < -0.4 is 0 Å². The van der Waals surface area contributed by atoms with E-state index in [1.165, 1.54) is 0 Å². The molecule has 3 nitrogen and oxygen atoms in total. The van der Waals surface area contributed by atoms with Crippen molar-refractivity contribution in [3.63, 3.8) is 0 Å². The Morgan fingerprint density at radius 1 is 1.50 bits per heavy atom. The van der Waals surface area contributed by atoms with E-state index in [1.807, 2.05) is 19.9 Å². The lowest BCUT2D eigenvalue weighted by Crippen LogP contribution is -2.19. The molecule has 0 fully saturated rings. The Hall–Kier alpha value is -1.38. The third-order valence-corrected chi connectivity index (χ3v) is 3.50. The van der Waals surface area contributed by atoms with Crippen LogP contribution in [0.1, 0.15) is 46.5 Å². The maximum atomic E-state index is 11.7. The number of carboxylic acid groups (broad SMARTS) is 1. The predicted octanol–water partition coefficient (Wildman–Crippen LogP) is 3.36. The van der Waals surface area contributed by atoms with Crippen LogP contribution in [-0.2, 0) is 9.59 Å². The van der Waals surface area contributed by atoms with Crippen molar-refractivity contribution in [3.8, 4) is 0 Å². The van der Waals surface area contributed by atoms with Gasteiger partial charge >= 0.3 is 5.97 Å². The monoisotopic (exact) mass is 250 g/mol. The van der Waals surface area contributed by atoms with Crippen molar-refractivity contribution in [2.24, 2.45) is 11.8 Å². The molecule has 1 N–H and O–H groups in total. The van der Waals surface area contributed by atoms with E-state index in [2.05, 4.69) is 6.92 Å². The van der Waals surface area contributed by atoms with Crippen molar-refractivity contribution in [2.75, 3.05) is 0 Å². The van der Waals surface area contributed by atoms with Crippen LogP contribution >= 0.6 is 0 Å². The van der Waals surface area contributed by atoms with Gasteiger partial charge in [0.1, 0.15) is 0 Å². The molecule has 0 radical (unpaired) electrons. The van der Waals surface area contributed by atoms with E-state index in [0.717, 1.165) is 18.4 Å². The quantitative estimate of drug-likeness (QED) is 0.761. The van der Waals surface area contributed by atoms with Gasteiger partial charge in [0.15, 0.2) is 5.78 Å². The number of carboxylic acids is 1. The number of hydrogen-bond donors (Lipinski definition) is 1. The topological polar surface area (TPSA) is 54.4 Å². The van der Waals surface area contributed by atoms with Gasteiger partial charge in [0, 0.05) is 12.0 Å². The van der Waals surface area contributed by atoms with Crippen molar-refractivity contribution in [1.29, 1.82) is 0 Å². The lowest BCUT2D eigenvalue weighted by atomic mass is 9.79. The Morgan fingerprint density at radius 3 is 2.61 bits per heavy atom. The fourth-order valence-electron chi connectivity index (χ4n) is 2.43. The normalized spacial score (nSPS) is 20.8. The number of carbonyl (C=O) groups is 2. The van der Waals surface area contributed by atoms with Crippen LogP contribution in [-0.4, -0.2) is 16.9 Å². The van der Waals surface area contributed by atoms with Gasteiger partial charge in [-0.15, -0.1) is 0 Å². The summed E-state index contributed by atoms with van der Waals surface area (Å²) in [6.07, 6.45) is 6.36. The van der Waals surface area contributed by atoms with E-state index < -0.39 is 5.97 Å². The molecule has 0 aromatic heterocycles. The number of aliphatic carboxylic acids is 1. The first-order chi connectivity index (χ1) is 8.40. The minimum absolute atomic E-state index is 0.176. The van der Waals surface area contributed by atoms with Gasteiger partial charge in [-0.1, -0.05) is 18.6 Å². The SMILES string of the molecule is CC(C)=CC(=O)C[C@H](C)[C@H]1CC=C(C(=O)O)CC1. The second-order valence-corrected chi connectivity index (χ2v) is 5.44. The summed E-state index contributed by atoms with van der Waals surface area (Å²) in [6.45, 7) is 5.93. The zero-order valence-electron chi connectivity index (χ0n) is 11.4. The van der Waals surface area contributed by atoms with Gasteiger partial charge in [-0.05, 0) is 51.0 Å². The highest BCUT2D eigenvalue weighted by atomic mass is 16.4. The molecule has 0 amide bonds. The molecule has 1 aliphatic rings. The first kappa shape index (κ1) is 14.7. The van der Waals surface area contributed by atoms with Crippen LogP contribution in [0.4, 0.5) is 0 Å². The maximum absolute atomic E-state index is 11.7. The molecule has 0 bridgehead atoms. The molecule has 0 aromatic carbocycles. The van der Waals surface area contributed by atoms with Crippen molar-refractivity contribution in [3.05, 3.63) is 23.3 Å². The van der Waals surface area contributed by atoms with Crippen molar-refractivity contribution in [1.82, 2.24) is 0 Å². The molecular formula is C15H22O3. The summed E-state index contributed by atoms with van der Waals surface area (Å²) in [7, 11) is 0. The summed E-state index contributed by atoms with van der Waals surface area (Å²) in [5.74, 6) is 0.125. The Labute approximate surface area is 109 Å². The van der Waals surface area contributed by atoms with E-state index in [-0.39, 0.29) is 5.78 Å². The minimum Gasteiger partial charge on any atom is -0.478 e. The van der Waals surface area contributed by atoms with E-state index >= 15 is 0 Å². The summed E-state index contributed by atoms with van der Waals surface area (Å²) in [5.41, 5.74) is 1.55. The minimum atomic E-state index is -0.804. The third kappa shape index (κ3) is 4.47. The average molecular weight is 250 g/mol. The van der Waals surface area contributed by atoms with Gasteiger partial charge in [-0.3, -0.25) is 4.79 Å². The number of hydrogen-bond acceptors (Lipinski definition) is 2. The zero-order chi connectivity index (χ0) is 13.7. The van der Waals surface area contributed by atoms with E-state index in [9.17, 15) is 9.59 Å². The summed E-state index contributed by atoms with van der Waals surface area (Å²) >= 11 is 0. The molecule has 1 aliphatic carbocycles. The summed E-state index contributed by atoms with van der Waals surface area (Å²) < 4.78 is 0. The lowest BCUT2D eigenvalue weighted by molar-refractivity contribution is -0.133. The smallest absolute Gasteiger partial charge is 0.331 e. The van der Waals surface area contributed by atoms with Crippen molar-refractivity contribution >= 4 is 11.8 Å². The Morgan fingerprint density at radius 2 is 2.17 bits per heavy atom. The first-order valence-corrected chi connectivity index (χ1v) is 6.50. The van der Waals surface area contributed by atoms with E-state index in [1.54, 1.807) is 6.08 Å². The van der Waals surface area contributed by atoms with Crippen LogP contribution in [0.25, 0.3) is 0 Å². The molecule has 0 spiro atoms. The average Bonchev–Trinajstić information content (AvgIpc) is 2.27. The van der Waals surface area contributed by atoms with Gasteiger partial charge in [0.05, 0.1) is 0 Å². The second kappa shape index (κ2) is 6.53. The Bertz CT molecular complexity index is 387. The number of ketones is 1. The number of carbonyl (C=O) groups excluding carboxylic acids is 1. The predicted molar refractivity (Wildman–Crippen MR) is 71.3 cm³/mol. The van der Waals surface area contributed by atoms with Crippen molar-refractivity contribution < 1.29 is 14.7 Å². The van der Waals surface area contributed by atoms with Crippen molar-refractivity contribution in [2.45, 2.75) is 46.5 Å². The summed E-state index contributed by atoms with van der Waals surface area (Å²) in [6, 6.07) is 0. The molecule has 3 heteroatoms. The largest absolute Gasteiger partial charge is 0.478 e. The van der Waals surface area contributed by atoms with Gasteiger partial charge in [0.25, 0.3) is 0 Å². The van der Waals surface area contributed by atoms with Crippen LogP contribution in [0.15, 0.2) is 23.3 Å². The molecule has 100 valence electrons. The fourth-order valence-corrected chi connectivity index (χ4v) is 2.43. The summed E-state index contributed by atoms with van der Waals surface area (Å²) in [4.78, 5) is 22.5. The Balaban J connectivity index is 2.50. The van der Waals surface area contributed by atoms with E-state index in [4.69, 9.17) is 5.11 Å². The zero-order valence-corrected chi connectivity index (χ0v) is 11.4. The van der Waals surface area contributed by atoms with Gasteiger partial charge in [0.2, 0.25) is 0 Å². The highest BCUT2D eigenvalue weighted by Crippen LogP contribution is 2.31. The van der Waals surface area contributed by atoms with Gasteiger partial charge in [-0.25, -0.2) is 4.79 Å². The molecule has 0 aliphatic heterocycles. The standard InChI is InChI=1S/C15H22O3/c1-10(2)8-14(16)9-11(3)12-4-6-13(7-5-12)15(17)18/h6,8,11-12H,4-5,7,9H2,1-3H3,(H,17,18)/t11-,12-/m0/s1. The number of rotatable bonds is 5. The molecule has 1 rings (SSSR count). The van der Waals surface area contributed by atoms with Gasteiger partial charge < -0.3 is 5.11 Å². The molecule has 0 unspecified atom stereocenters. The second-order valence-electron chi connectivity index (χ2n) is 5.44. The molecule has 2 atom stereocenters. The van der Waals surface area contributed by atoms with Crippen LogP contribution in [0.3, 0.4) is 0 Å². The molecule has 0 heterocycles. The highest BCUT2D eigenvalue weighted by molar-refractivity contribution is 5.90. The fraction of sp³-hybridized carbons (Fsp3) is 0.600. The van der Waals surface area contributed by atoms with Gasteiger partial charge in [-0.2, -0.15) is 0 Å². The first-order valence-electron chi connectivity index (χ1n) is 6.50. The lowest BCUT2D eigenvalue weighted by Gasteiger charge is -2.25. The highest BCUT2D eigenvalue weighted by Gasteiger charge is 2.23.